The molecule has 134 valence electrons. The Kier molecular flexibility index (Phi) is 7.26. The Bertz CT molecular complexity index is 433. The maximum Gasteiger partial charge on any atom is 0.315 e. The fraction of sp³-hybridized carbons (Fsp3) is 0.824. The quantitative estimate of drug-likeness (QED) is 0.562. The van der Waals surface area contributed by atoms with Gasteiger partial charge in [0, 0.05) is 12.6 Å². The second-order valence-corrected chi connectivity index (χ2v) is 12.6. The third-order valence-corrected chi connectivity index (χ3v) is 9.45. The van der Waals surface area contributed by atoms with Gasteiger partial charge >= 0.3 is 6.03 Å². The highest BCUT2D eigenvalue weighted by atomic mass is 28.4. The highest BCUT2D eigenvalue weighted by Crippen LogP contribution is 2.38. The molecule has 0 aromatic carbocycles. The average molecular weight is 345 g/mol. The highest BCUT2D eigenvalue weighted by molar-refractivity contribution is 6.74. The van der Waals surface area contributed by atoms with Crippen molar-refractivity contribution >= 4 is 14.3 Å². The normalized spacial score (nSPS) is 20.7. The summed E-state index contributed by atoms with van der Waals surface area (Å²) in [5.41, 5.74) is 1.26. The van der Waals surface area contributed by atoms with Crippen molar-refractivity contribution in [2.24, 2.45) is 0 Å². The van der Waals surface area contributed by atoms with Crippen LogP contribution in [0.4, 0.5) is 9.18 Å². The van der Waals surface area contributed by atoms with Crippen molar-refractivity contribution in [3.8, 4) is 0 Å². The van der Waals surface area contributed by atoms with Gasteiger partial charge < -0.3 is 15.1 Å². The van der Waals surface area contributed by atoms with Gasteiger partial charge in [-0.1, -0.05) is 26.8 Å². The van der Waals surface area contributed by atoms with Crippen LogP contribution in [0, 0.1) is 0 Å². The van der Waals surface area contributed by atoms with E-state index in [0.29, 0.717) is 0 Å². The van der Waals surface area contributed by atoms with Crippen LogP contribution in [0.15, 0.2) is 11.6 Å². The van der Waals surface area contributed by atoms with E-state index in [1.54, 1.807) is 0 Å². The van der Waals surface area contributed by atoms with Crippen LogP contribution in [0.2, 0.25) is 18.1 Å². The molecule has 0 fully saturated rings. The fourth-order valence-electron chi connectivity index (χ4n) is 2.48. The maximum atomic E-state index is 12.1. The molecule has 2 unspecified atom stereocenters. The number of urea groups is 1. The lowest BCUT2D eigenvalue weighted by Gasteiger charge is -2.39. The van der Waals surface area contributed by atoms with Gasteiger partial charge in [0.2, 0.25) is 0 Å². The van der Waals surface area contributed by atoms with E-state index >= 15 is 0 Å². The molecule has 0 saturated heterocycles. The van der Waals surface area contributed by atoms with E-state index in [4.69, 9.17) is 4.43 Å². The van der Waals surface area contributed by atoms with Crippen molar-refractivity contribution in [2.75, 3.05) is 13.2 Å². The van der Waals surface area contributed by atoms with Gasteiger partial charge in [-0.3, -0.25) is 0 Å². The molecule has 0 aromatic heterocycles. The van der Waals surface area contributed by atoms with Crippen molar-refractivity contribution in [2.45, 2.75) is 77.2 Å². The number of hydrogen-bond acceptors (Lipinski definition) is 2. The van der Waals surface area contributed by atoms with Gasteiger partial charge in [0.05, 0.1) is 6.10 Å². The van der Waals surface area contributed by atoms with Gasteiger partial charge in [-0.15, -0.1) is 0 Å². The fourth-order valence-corrected chi connectivity index (χ4v) is 3.87. The zero-order valence-electron chi connectivity index (χ0n) is 15.5. The summed E-state index contributed by atoms with van der Waals surface area (Å²) in [7, 11) is -1.81. The number of carbonyl (C=O) groups is 1. The molecule has 23 heavy (non-hydrogen) atoms. The molecule has 2 N–H and O–H groups in total. The lowest BCUT2D eigenvalue weighted by Crippen LogP contribution is -2.45. The van der Waals surface area contributed by atoms with Crippen molar-refractivity contribution in [3.63, 3.8) is 0 Å². The Morgan fingerprint density at radius 1 is 1.48 bits per heavy atom. The van der Waals surface area contributed by atoms with Gasteiger partial charge in [0.15, 0.2) is 8.32 Å². The molecule has 0 aliphatic heterocycles. The van der Waals surface area contributed by atoms with Crippen molar-refractivity contribution < 1.29 is 13.6 Å². The molecule has 0 heterocycles. The minimum atomic E-state index is -1.81. The van der Waals surface area contributed by atoms with Gasteiger partial charge in [-0.25, -0.2) is 9.18 Å². The molecule has 0 radical (unpaired) electrons. The standard InChI is InChI=1S/C17H33FN2O2Si/c1-13(22-23(5,6)17(2,3)4)14-8-7-9-15(12-14)20-16(21)19-11-10-18/h12-13,15H,7-11H2,1-6H3,(H2,19,20,21). The molecule has 0 aromatic rings. The van der Waals surface area contributed by atoms with E-state index in [9.17, 15) is 9.18 Å². The number of carbonyl (C=O) groups excluding carboxylic acids is 1. The summed E-state index contributed by atoms with van der Waals surface area (Å²) in [5, 5.41) is 5.58. The number of hydrogen-bond donors (Lipinski definition) is 2. The van der Waals surface area contributed by atoms with Gasteiger partial charge in [0.1, 0.15) is 6.67 Å². The summed E-state index contributed by atoms with van der Waals surface area (Å²) in [5.74, 6) is 0. The zero-order chi connectivity index (χ0) is 17.7. The summed E-state index contributed by atoms with van der Waals surface area (Å²) in [6.07, 6.45) is 5.16. The summed E-state index contributed by atoms with van der Waals surface area (Å²) in [6, 6.07) is -0.299. The Labute approximate surface area is 141 Å². The van der Waals surface area contributed by atoms with Crippen LogP contribution < -0.4 is 10.6 Å². The van der Waals surface area contributed by atoms with E-state index in [1.165, 1.54) is 5.57 Å². The summed E-state index contributed by atoms with van der Waals surface area (Å²) in [6.45, 7) is 12.8. The molecular weight excluding hydrogens is 311 g/mol. The van der Waals surface area contributed by atoms with E-state index < -0.39 is 15.0 Å². The molecule has 4 nitrogen and oxygen atoms in total. The first-order chi connectivity index (χ1) is 10.6. The monoisotopic (exact) mass is 344 g/mol. The topological polar surface area (TPSA) is 50.4 Å². The van der Waals surface area contributed by atoms with Crippen molar-refractivity contribution in [1.82, 2.24) is 10.6 Å². The zero-order valence-corrected chi connectivity index (χ0v) is 16.5. The lowest BCUT2D eigenvalue weighted by atomic mass is 9.93. The largest absolute Gasteiger partial charge is 0.411 e. The van der Waals surface area contributed by atoms with Gasteiger partial charge in [-0.2, -0.15) is 0 Å². The van der Waals surface area contributed by atoms with Crippen LogP contribution >= 0.6 is 0 Å². The number of rotatable bonds is 6. The summed E-state index contributed by atoms with van der Waals surface area (Å²) in [4.78, 5) is 11.7. The predicted molar refractivity (Wildman–Crippen MR) is 96.0 cm³/mol. The lowest BCUT2D eigenvalue weighted by molar-refractivity contribution is 0.221. The Hall–Kier alpha value is -0.883. The Morgan fingerprint density at radius 2 is 2.13 bits per heavy atom. The van der Waals surface area contributed by atoms with Crippen molar-refractivity contribution in [1.29, 1.82) is 0 Å². The molecule has 1 rings (SSSR count). The molecule has 1 aliphatic rings. The molecule has 1 aliphatic carbocycles. The number of alkyl halides is 1. The summed E-state index contributed by atoms with van der Waals surface area (Å²) < 4.78 is 18.5. The number of amides is 2. The van der Waals surface area contributed by atoms with Crippen LogP contribution in [0.25, 0.3) is 0 Å². The van der Waals surface area contributed by atoms with Crippen LogP contribution in [-0.2, 0) is 4.43 Å². The minimum absolute atomic E-state index is 0.00354. The SMILES string of the molecule is CC(O[Si](C)(C)C(C)(C)C)C1=CC(NC(=O)NCCF)CCC1. The molecule has 2 atom stereocenters. The predicted octanol–water partition coefficient (Wildman–Crippen LogP) is 4.14. The molecule has 0 spiro atoms. The molecule has 2 amide bonds. The average Bonchev–Trinajstić information content (AvgIpc) is 2.43. The van der Waals surface area contributed by atoms with Crippen LogP contribution in [0.5, 0.6) is 0 Å². The van der Waals surface area contributed by atoms with Crippen LogP contribution in [0.1, 0.15) is 47.0 Å². The second kappa shape index (κ2) is 8.28. The first-order valence-electron chi connectivity index (χ1n) is 8.55. The Morgan fingerprint density at radius 3 is 2.70 bits per heavy atom. The van der Waals surface area contributed by atoms with E-state index in [1.807, 2.05) is 0 Å². The number of nitrogens with one attached hydrogen (secondary N) is 2. The van der Waals surface area contributed by atoms with Crippen LogP contribution in [-0.4, -0.2) is 39.7 Å². The highest BCUT2D eigenvalue weighted by Gasteiger charge is 2.39. The third-order valence-electron chi connectivity index (χ3n) is 4.89. The van der Waals surface area contributed by atoms with Gasteiger partial charge in [0.25, 0.3) is 0 Å². The van der Waals surface area contributed by atoms with E-state index in [0.717, 1.165) is 19.3 Å². The number of halogens is 1. The maximum absolute atomic E-state index is 12.1. The summed E-state index contributed by atoms with van der Waals surface area (Å²) >= 11 is 0. The van der Waals surface area contributed by atoms with Crippen molar-refractivity contribution in [3.05, 3.63) is 11.6 Å². The first-order valence-corrected chi connectivity index (χ1v) is 11.5. The molecule has 0 bridgehead atoms. The minimum Gasteiger partial charge on any atom is -0.411 e. The van der Waals surface area contributed by atoms with E-state index in [-0.39, 0.29) is 29.8 Å². The second-order valence-electron chi connectivity index (χ2n) is 7.85. The molecule has 6 heteroatoms. The van der Waals surface area contributed by atoms with E-state index in [2.05, 4.69) is 57.5 Å². The van der Waals surface area contributed by atoms with Gasteiger partial charge in [-0.05, 0) is 49.9 Å². The molecular formula is C17H33FN2O2Si. The van der Waals surface area contributed by atoms with Crippen LogP contribution in [0.3, 0.4) is 0 Å². The Balaban J connectivity index is 2.66. The first kappa shape index (κ1) is 20.2. The molecule has 0 saturated carbocycles. The smallest absolute Gasteiger partial charge is 0.315 e. The third kappa shape index (κ3) is 6.26.